The van der Waals surface area contributed by atoms with Crippen LogP contribution in [-0.4, -0.2) is 44.5 Å². The zero-order valence-corrected chi connectivity index (χ0v) is 14.0. The highest BCUT2D eigenvalue weighted by Gasteiger charge is 2.37. The van der Waals surface area contributed by atoms with E-state index in [9.17, 15) is 10.2 Å². The number of nitrogens with two attached hydrogens (primary N) is 1. The quantitative estimate of drug-likeness (QED) is 0.611. The molecule has 0 aliphatic carbocycles. The van der Waals surface area contributed by atoms with Crippen molar-refractivity contribution in [3.8, 4) is 0 Å². The van der Waals surface area contributed by atoms with Crippen molar-refractivity contribution in [2.75, 3.05) is 11.9 Å². The molecule has 0 saturated carbocycles. The molecule has 138 valence electrons. The van der Waals surface area contributed by atoms with E-state index < -0.39 is 24.7 Å². The summed E-state index contributed by atoms with van der Waals surface area (Å²) in [6.45, 7) is 0.133. The third-order valence-corrected chi connectivity index (χ3v) is 4.50. The van der Waals surface area contributed by atoms with Crippen molar-refractivity contribution in [3.63, 3.8) is 0 Å². The minimum absolute atomic E-state index is 0.217. The third-order valence-electron chi connectivity index (χ3n) is 4.50. The zero-order chi connectivity index (χ0) is 18.1. The number of ether oxygens (including phenoxy) is 2. The molecular weight excluding hydrogens is 338 g/mol. The Balaban J connectivity index is 1.54. The molecule has 2 aromatic rings. The number of hydrogen-bond acceptors (Lipinski definition) is 8. The van der Waals surface area contributed by atoms with Gasteiger partial charge in [0.2, 0.25) is 0 Å². The van der Waals surface area contributed by atoms with Crippen LogP contribution in [0.2, 0.25) is 0 Å². The summed E-state index contributed by atoms with van der Waals surface area (Å²) in [4.78, 5) is 8.67. The first-order valence-electron chi connectivity index (χ1n) is 8.42. The van der Waals surface area contributed by atoms with E-state index in [1.54, 1.807) is 10.9 Å². The maximum Gasteiger partial charge on any atom is 0.198 e. The second kappa shape index (κ2) is 7.04. The maximum absolute atomic E-state index is 9.96. The van der Waals surface area contributed by atoms with E-state index in [-0.39, 0.29) is 12.6 Å². The number of nitrogens with zero attached hydrogens (tertiary/aromatic N) is 3. The number of fused-ring (bicyclic) bond motifs is 1. The predicted molar refractivity (Wildman–Crippen MR) is 93.1 cm³/mol. The summed E-state index contributed by atoms with van der Waals surface area (Å²) >= 11 is 0. The van der Waals surface area contributed by atoms with Crippen LogP contribution in [0.4, 0.5) is 5.82 Å². The molecular formula is C17H21N5O4. The number of aromatic nitrogens is 2. The van der Waals surface area contributed by atoms with Crippen molar-refractivity contribution < 1.29 is 19.7 Å². The van der Waals surface area contributed by atoms with Crippen LogP contribution in [0.3, 0.4) is 0 Å². The van der Waals surface area contributed by atoms with Crippen molar-refractivity contribution in [2.24, 2.45) is 10.7 Å². The van der Waals surface area contributed by atoms with Crippen LogP contribution < -0.4 is 11.1 Å². The number of benzene rings is 1. The standard InChI is InChI=1S/C17H21N5O4/c18-17-20-15-14(16(21-17)25-8-10-4-2-1-3-5-10)19-9-22(15)13-6-11(24)12(7-23)26-13/h1-5,9,11-13,16,23-24H,6-8H2,(H3,18,20,21)/t11-,12+,13+,16?/m0/s1. The number of anilines is 1. The van der Waals surface area contributed by atoms with Gasteiger partial charge in [-0.15, -0.1) is 0 Å². The molecule has 0 radical (unpaired) electrons. The molecule has 1 fully saturated rings. The highest BCUT2D eigenvalue weighted by atomic mass is 16.5. The van der Waals surface area contributed by atoms with Crippen LogP contribution >= 0.6 is 0 Å². The fraction of sp³-hybridized carbons (Fsp3) is 0.412. The molecule has 1 aromatic heterocycles. The average molecular weight is 359 g/mol. The molecule has 9 heteroatoms. The third kappa shape index (κ3) is 3.17. The lowest BCUT2D eigenvalue weighted by molar-refractivity contribution is -0.0438. The second-order valence-electron chi connectivity index (χ2n) is 6.29. The van der Waals surface area contributed by atoms with Crippen molar-refractivity contribution in [1.29, 1.82) is 0 Å². The van der Waals surface area contributed by atoms with E-state index in [1.807, 2.05) is 30.3 Å². The molecule has 2 aliphatic heterocycles. The van der Waals surface area contributed by atoms with Gasteiger partial charge < -0.3 is 30.7 Å². The van der Waals surface area contributed by atoms with Crippen molar-refractivity contribution in [1.82, 2.24) is 9.55 Å². The molecule has 1 aromatic carbocycles. The summed E-state index contributed by atoms with van der Waals surface area (Å²) in [5.74, 6) is 0.834. The van der Waals surface area contributed by atoms with E-state index in [0.29, 0.717) is 24.5 Å². The van der Waals surface area contributed by atoms with E-state index in [1.165, 1.54) is 0 Å². The number of aliphatic hydroxyl groups excluding tert-OH is 2. The summed E-state index contributed by atoms with van der Waals surface area (Å²) < 4.78 is 13.3. The number of rotatable bonds is 5. The molecule has 2 aliphatic rings. The molecule has 5 N–H and O–H groups in total. The van der Waals surface area contributed by atoms with Crippen LogP contribution in [0.25, 0.3) is 0 Å². The van der Waals surface area contributed by atoms with Gasteiger partial charge in [-0.1, -0.05) is 30.3 Å². The summed E-state index contributed by atoms with van der Waals surface area (Å²) in [5.41, 5.74) is 7.52. The minimum atomic E-state index is -0.734. The highest BCUT2D eigenvalue weighted by Crippen LogP contribution is 2.36. The van der Waals surface area contributed by atoms with Gasteiger partial charge in [-0.2, -0.15) is 0 Å². The SMILES string of the molecule is NC1=NC(OCc2ccccc2)c2ncn([C@H]3C[C@H](O)[C@@H](CO)O3)c2N1. The van der Waals surface area contributed by atoms with Crippen LogP contribution in [0.15, 0.2) is 41.7 Å². The van der Waals surface area contributed by atoms with Gasteiger partial charge in [0.25, 0.3) is 0 Å². The summed E-state index contributed by atoms with van der Waals surface area (Å²) in [6, 6.07) is 9.77. The Morgan fingerprint density at radius 1 is 1.35 bits per heavy atom. The van der Waals surface area contributed by atoms with Gasteiger partial charge >= 0.3 is 0 Å². The smallest absolute Gasteiger partial charge is 0.198 e. The first-order valence-corrected chi connectivity index (χ1v) is 8.42. The van der Waals surface area contributed by atoms with Crippen molar-refractivity contribution in [2.45, 2.75) is 37.7 Å². The molecule has 1 saturated heterocycles. The lowest BCUT2D eigenvalue weighted by Crippen LogP contribution is -2.30. The number of imidazole rings is 1. The monoisotopic (exact) mass is 359 g/mol. The van der Waals surface area contributed by atoms with E-state index >= 15 is 0 Å². The molecule has 0 bridgehead atoms. The fourth-order valence-corrected chi connectivity index (χ4v) is 3.16. The Labute approximate surface area is 150 Å². The van der Waals surface area contributed by atoms with Gasteiger partial charge in [-0.05, 0) is 5.56 Å². The molecule has 3 heterocycles. The van der Waals surface area contributed by atoms with Gasteiger partial charge in [0.05, 0.1) is 25.6 Å². The first-order chi connectivity index (χ1) is 12.7. The van der Waals surface area contributed by atoms with Crippen LogP contribution in [0.1, 0.15) is 30.1 Å². The van der Waals surface area contributed by atoms with Gasteiger partial charge in [0, 0.05) is 6.42 Å². The molecule has 0 spiro atoms. The number of aliphatic imine (C=N–C) groups is 1. The molecule has 26 heavy (non-hydrogen) atoms. The van der Waals surface area contributed by atoms with Gasteiger partial charge in [-0.3, -0.25) is 4.57 Å². The maximum atomic E-state index is 9.96. The highest BCUT2D eigenvalue weighted by molar-refractivity contribution is 5.93. The number of hydrogen-bond donors (Lipinski definition) is 4. The lowest BCUT2D eigenvalue weighted by Gasteiger charge is -2.23. The van der Waals surface area contributed by atoms with Gasteiger partial charge in [-0.25, -0.2) is 9.98 Å². The van der Waals surface area contributed by atoms with E-state index in [4.69, 9.17) is 15.2 Å². The van der Waals surface area contributed by atoms with Crippen LogP contribution in [0.5, 0.6) is 0 Å². The fourth-order valence-electron chi connectivity index (χ4n) is 3.16. The van der Waals surface area contributed by atoms with Gasteiger partial charge in [0.1, 0.15) is 23.8 Å². The number of aliphatic hydroxyl groups is 2. The first kappa shape index (κ1) is 17.0. The van der Waals surface area contributed by atoms with E-state index in [2.05, 4.69) is 15.3 Å². The van der Waals surface area contributed by atoms with Gasteiger partial charge in [0.15, 0.2) is 12.2 Å². The van der Waals surface area contributed by atoms with E-state index in [0.717, 1.165) is 5.56 Å². The number of nitrogens with one attached hydrogen (secondary N) is 1. The second-order valence-corrected chi connectivity index (χ2v) is 6.29. The molecule has 9 nitrogen and oxygen atoms in total. The van der Waals surface area contributed by atoms with Crippen molar-refractivity contribution >= 4 is 11.8 Å². The Morgan fingerprint density at radius 3 is 2.88 bits per heavy atom. The number of guanidine groups is 1. The van der Waals surface area contributed by atoms with Crippen LogP contribution in [-0.2, 0) is 16.1 Å². The summed E-state index contributed by atoms with van der Waals surface area (Å²) in [7, 11) is 0. The largest absolute Gasteiger partial charge is 0.394 e. The molecule has 4 rings (SSSR count). The lowest BCUT2D eigenvalue weighted by atomic mass is 10.2. The molecule has 0 amide bonds. The normalized spacial score (nSPS) is 27.7. The molecule has 1 unspecified atom stereocenters. The zero-order valence-electron chi connectivity index (χ0n) is 14.0. The summed E-state index contributed by atoms with van der Waals surface area (Å²) in [5, 5.41) is 22.2. The molecule has 4 atom stereocenters. The minimum Gasteiger partial charge on any atom is -0.394 e. The summed E-state index contributed by atoms with van der Waals surface area (Å²) in [6.07, 6.45) is -0.482. The predicted octanol–water partition coefficient (Wildman–Crippen LogP) is 0.479. The Morgan fingerprint density at radius 2 is 2.15 bits per heavy atom. The Hall–Kier alpha value is -2.46. The Bertz CT molecular complexity index is 794. The van der Waals surface area contributed by atoms with Crippen LogP contribution in [0, 0.1) is 0 Å². The average Bonchev–Trinajstić information content (AvgIpc) is 3.23. The van der Waals surface area contributed by atoms with Crippen molar-refractivity contribution in [3.05, 3.63) is 47.9 Å². The topological polar surface area (TPSA) is 127 Å². The Kier molecular flexibility index (Phi) is 4.60.